The Kier molecular flexibility index (Phi) is 3.06. The van der Waals surface area contributed by atoms with Crippen molar-refractivity contribution in [3.8, 4) is 11.5 Å². The molecule has 20 heavy (non-hydrogen) atoms. The molecule has 0 saturated carbocycles. The van der Waals surface area contributed by atoms with E-state index < -0.39 is 0 Å². The molecule has 104 valence electrons. The maximum atomic E-state index is 12.3. The number of nitrogens with one attached hydrogen (secondary N) is 1. The van der Waals surface area contributed by atoms with Crippen molar-refractivity contribution in [2.75, 3.05) is 13.8 Å². The third kappa shape index (κ3) is 2.20. The second kappa shape index (κ2) is 4.88. The van der Waals surface area contributed by atoms with Crippen LogP contribution in [0, 0.1) is 6.92 Å². The van der Waals surface area contributed by atoms with E-state index in [1.54, 1.807) is 18.1 Å². The van der Waals surface area contributed by atoms with Gasteiger partial charge in [-0.1, -0.05) is 6.07 Å². The molecule has 1 N–H and O–H groups in total. The lowest BCUT2D eigenvalue weighted by atomic mass is 10.1. The zero-order chi connectivity index (χ0) is 14.1. The summed E-state index contributed by atoms with van der Waals surface area (Å²) in [5.74, 6) is 1.41. The summed E-state index contributed by atoms with van der Waals surface area (Å²) in [4.78, 5) is 13.9. The highest BCUT2D eigenvalue weighted by molar-refractivity contribution is 5.94. The van der Waals surface area contributed by atoms with Crippen LogP contribution >= 0.6 is 0 Å². The molecule has 6 heteroatoms. The summed E-state index contributed by atoms with van der Waals surface area (Å²) in [6, 6.07) is 5.69. The van der Waals surface area contributed by atoms with Crippen molar-refractivity contribution in [1.82, 2.24) is 15.1 Å². The molecular weight excluding hydrogens is 258 g/mol. The number of carbonyl (C=O) groups excluding carboxylic acids is 1. The average Bonchev–Trinajstić information content (AvgIpc) is 3.05. The monoisotopic (exact) mass is 273 g/mol. The van der Waals surface area contributed by atoms with Crippen LogP contribution in [-0.4, -0.2) is 34.8 Å². The third-order valence-corrected chi connectivity index (χ3v) is 3.26. The van der Waals surface area contributed by atoms with Gasteiger partial charge in [0.25, 0.3) is 5.91 Å². The summed E-state index contributed by atoms with van der Waals surface area (Å²) in [6.45, 7) is 2.58. The maximum absolute atomic E-state index is 12.3. The zero-order valence-electron chi connectivity index (χ0n) is 11.3. The van der Waals surface area contributed by atoms with Crippen molar-refractivity contribution >= 4 is 5.91 Å². The zero-order valence-corrected chi connectivity index (χ0v) is 11.3. The Morgan fingerprint density at radius 3 is 2.95 bits per heavy atom. The molecule has 1 aliphatic rings. The number of aryl methyl sites for hydroxylation is 1. The largest absolute Gasteiger partial charge is 0.454 e. The number of hydrogen-bond donors (Lipinski definition) is 1. The fourth-order valence-electron chi connectivity index (χ4n) is 2.16. The lowest BCUT2D eigenvalue weighted by molar-refractivity contribution is 0.0784. The van der Waals surface area contributed by atoms with Crippen LogP contribution in [-0.2, 0) is 6.54 Å². The SMILES string of the molecule is Cc1[nH]ncc1C(=O)N(C)Cc1ccc2c(c1)OCO2. The van der Waals surface area contributed by atoms with E-state index >= 15 is 0 Å². The van der Waals surface area contributed by atoms with Crippen LogP contribution in [0.3, 0.4) is 0 Å². The molecule has 2 aromatic rings. The van der Waals surface area contributed by atoms with E-state index in [1.165, 1.54) is 0 Å². The summed E-state index contributed by atoms with van der Waals surface area (Å²) >= 11 is 0. The molecule has 0 aliphatic carbocycles. The fraction of sp³-hybridized carbons (Fsp3) is 0.286. The summed E-state index contributed by atoms with van der Waals surface area (Å²) < 4.78 is 10.6. The molecule has 1 aromatic heterocycles. The summed E-state index contributed by atoms with van der Waals surface area (Å²) in [5, 5.41) is 6.64. The summed E-state index contributed by atoms with van der Waals surface area (Å²) in [5.41, 5.74) is 2.35. The first-order chi connectivity index (χ1) is 9.65. The standard InChI is InChI=1S/C14H15N3O3/c1-9-11(6-15-16-9)14(18)17(2)7-10-3-4-12-13(5-10)20-8-19-12/h3-6H,7-8H2,1-2H3,(H,15,16). The third-order valence-electron chi connectivity index (χ3n) is 3.26. The predicted molar refractivity (Wildman–Crippen MR) is 71.7 cm³/mol. The van der Waals surface area contributed by atoms with Crippen molar-refractivity contribution in [1.29, 1.82) is 0 Å². The number of nitrogens with zero attached hydrogens (tertiary/aromatic N) is 2. The van der Waals surface area contributed by atoms with Crippen molar-refractivity contribution in [3.63, 3.8) is 0 Å². The molecule has 0 fully saturated rings. The van der Waals surface area contributed by atoms with Crippen molar-refractivity contribution < 1.29 is 14.3 Å². The molecule has 0 radical (unpaired) electrons. The number of aromatic amines is 1. The number of carbonyl (C=O) groups is 1. The van der Waals surface area contributed by atoms with Gasteiger partial charge in [-0.15, -0.1) is 0 Å². The van der Waals surface area contributed by atoms with Gasteiger partial charge >= 0.3 is 0 Å². The Labute approximate surface area is 116 Å². The van der Waals surface area contributed by atoms with E-state index in [0.717, 1.165) is 22.8 Å². The van der Waals surface area contributed by atoms with Gasteiger partial charge in [0.1, 0.15) is 0 Å². The maximum Gasteiger partial charge on any atom is 0.257 e. The molecule has 6 nitrogen and oxygen atoms in total. The molecule has 0 atom stereocenters. The number of fused-ring (bicyclic) bond motifs is 1. The minimum atomic E-state index is -0.0612. The number of hydrogen-bond acceptors (Lipinski definition) is 4. The minimum Gasteiger partial charge on any atom is -0.454 e. The van der Waals surface area contributed by atoms with Crippen LogP contribution in [0.1, 0.15) is 21.6 Å². The van der Waals surface area contributed by atoms with Gasteiger partial charge in [0, 0.05) is 19.3 Å². The number of aromatic nitrogens is 2. The van der Waals surface area contributed by atoms with Gasteiger partial charge in [-0.25, -0.2) is 0 Å². The van der Waals surface area contributed by atoms with Crippen LogP contribution in [0.25, 0.3) is 0 Å². The van der Waals surface area contributed by atoms with Crippen molar-refractivity contribution in [2.45, 2.75) is 13.5 Å². The Morgan fingerprint density at radius 1 is 1.40 bits per heavy atom. The van der Waals surface area contributed by atoms with Gasteiger partial charge in [-0.3, -0.25) is 9.89 Å². The van der Waals surface area contributed by atoms with Crippen LogP contribution in [0.5, 0.6) is 11.5 Å². The average molecular weight is 273 g/mol. The Bertz CT molecular complexity index is 651. The molecule has 0 spiro atoms. The lowest BCUT2D eigenvalue weighted by Crippen LogP contribution is -2.26. The molecule has 0 bridgehead atoms. The molecule has 0 saturated heterocycles. The normalized spacial score (nSPS) is 12.5. The summed E-state index contributed by atoms with van der Waals surface area (Å²) in [7, 11) is 1.76. The molecule has 2 heterocycles. The molecular formula is C14H15N3O3. The number of amides is 1. The van der Waals surface area contributed by atoms with Crippen LogP contribution in [0.15, 0.2) is 24.4 Å². The highest BCUT2D eigenvalue weighted by Gasteiger charge is 2.18. The van der Waals surface area contributed by atoms with Gasteiger partial charge < -0.3 is 14.4 Å². The van der Waals surface area contributed by atoms with E-state index in [9.17, 15) is 4.79 Å². The van der Waals surface area contributed by atoms with Crippen LogP contribution in [0.2, 0.25) is 0 Å². The summed E-state index contributed by atoms with van der Waals surface area (Å²) in [6.07, 6.45) is 1.55. The number of H-pyrrole nitrogens is 1. The lowest BCUT2D eigenvalue weighted by Gasteiger charge is -2.17. The van der Waals surface area contributed by atoms with Crippen LogP contribution < -0.4 is 9.47 Å². The van der Waals surface area contributed by atoms with Crippen molar-refractivity contribution in [2.24, 2.45) is 0 Å². The molecule has 1 amide bonds. The van der Waals surface area contributed by atoms with E-state index in [4.69, 9.17) is 9.47 Å². The quantitative estimate of drug-likeness (QED) is 0.924. The molecule has 1 aromatic carbocycles. The molecule has 0 unspecified atom stereocenters. The smallest absolute Gasteiger partial charge is 0.257 e. The van der Waals surface area contributed by atoms with Gasteiger partial charge in [-0.05, 0) is 24.6 Å². The predicted octanol–water partition coefficient (Wildman–Crippen LogP) is 1.72. The highest BCUT2D eigenvalue weighted by atomic mass is 16.7. The Balaban J connectivity index is 1.74. The van der Waals surface area contributed by atoms with Gasteiger partial charge in [0.2, 0.25) is 6.79 Å². The minimum absolute atomic E-state index is 0.0612. The van der Waals surface area contributed by atoms with Crippen LogP contribution in [0.4, 0.5) is 0 Å². The Morgan fingerprint density at radius 2 is 2.20 bits per heavy atom. The van der Waals surface area contributed by atoms with E-state index in [2.05, 4.69) is 10.2 Å². The molecule has 3 rings (SSSR count). The first-order valence-electron chi connectivity index (χ1n) is 6.29. The van der Waals surface area contributed by atoms with Gasteiger partial charge in [0.05, 0.1) is 11.8 Å². The number of benzene rings is 1. The topological polar surface area (TPSA) is 67.5 Å². The fourth-order valence-corrected chi connectivity index (χ4v) is 2.16. The number of rotatable bonds is 3. The van der Waals surface area contributed by atoms with E-state index in [0.29, 0.717) is 12.1 Å². The highest BCUT2D eigenvalue weighted by Crippen LogP contribution is 2.32. The van der Waals surface area contributed by atoms with Gasteiger partial charge in [-0.2, -0.15) is 5.10 Å². The van der Waals surface area contributed by atoms with Crippen molar-refractivity contribution in [3.05, 3.63) is 41.2 Å². The van der Waals surface area contributed by atoms with E-state index in [-0.39, 0.29) is 12.7 Å². The Hall–Kier alpha value is -2.50. The first kappa shape index (κ1) is 12.5. The number of ether oxygens (including phenoxy) is 2. The molecule has 1 aliphatic heterocycles. The van der Waals surface area contributed by atoms with E-state index in [1.807, 2.05) is 25.1 Å². The van der Waals surface area contributed by atoms with Gasteiger partial charge in [0.15, 0.2) is 11.5 Å². The first-order valence-corrected chi connectivity index (χ1v) is 6.29. The second-order valence-corrected chi connectivity index (χ2v) is 4.76. The second-order valence-electron chi connectivity index (χ2n) is 4.76.